The number of nitrogens with zero attached hydrogens (tertiary/aromatic N) is 2. The van der Waals surface area contributed by atoms with Crippen LogP contribution in [0.5, 0.6) is 5.75 Å². The van der Waals surface area contributed by atoms with Crippen molar-refractivity contribution in [2.24, 2.45) is 5.92 Å². The monoisotopic (exact) mass is 494 g/mol. The predicted molar refractivity (Wildman–Crippen MR) is 123 cm³/mol. The van der Waals surface area contributed by atoms with Gasteiger partial charge in [-0.3, -0.25) is 4.90 Å². The lowest BCUT2D eigenvalue weighted by atomic mass is 9.94. The highest BCUT2D eigenvalue weighted by Crippen LogP contribution is 2.30. The first kappa shape index (κ1) is 22.9. The zero-order valence-electron chi connectivity index (χ0n) is 18.7. The van der Waals surface area contributed by atoms with E-state index in [1.807, 2.05) is 17.9 Å². The van der Waals surface area contributed by atoms with Crippen LogP contribution in [0.1, 0.15) is 51.0 Å². The van der Waals surface area contributed by atoms with Gasteiger partial charge < -0.3 is 19.1 Å². The van der Waals surface area contributed by atoms with Crippen LogP contribution in [0.25, 0.3) is 0 Å². The largest absolute Gasteiger partial charge is 0.465 e. The van der Waals surface area contributed by atoms with Crippen molar-refractivity contribution >= 4 is 22.0 Å². The number of benzene rings is 1. The molecule has 0 radical (unpaired) electrons. The van der Waals surface area contributed by atoms with E-state index in [0.717, 1.165) is 55.7 Å². The second kappa shape index (κ2) is 10.5. The number of carbonyl (C=O) groups is 1. The van der Waals surface area contributed by atoms with Gasteiger partial charge in [-0.2, -0.15) is 0 Å². The fourth-order valence-electron chi connectivity index (χ4n) is 5.19. The molecule has 2 saturated heterocycles. The molecule has 6 nitrogen and oxygen atoms in total. The molecule has 4 rings (SSSR count). The molecule has 3 aliphatic rings. The molecule has 1 saturated carbocycles. The number of carbonyl (C=O) groups excluding carboxylic acids is 1. The SMILES string of the molecule is COC(C)Oc1ccc(Br)c(CC2CCN(CC3CN(C4CCCCC4)C(=O)O3)C2)c1. The van der Waals surface area contributed by atoms with Crippen molar-refractivity contribution in [1.29, 1.82) is 0 Å². The molecule has 2 heterocycles. The molecule has 172 valence electrons. The van der Waals surface area contributed by atoms with Crippen molar-refractivity contribution in [3.05, 3.63) is 28.2 Å². The minimum absolute atomic E-state index is 0.00664. The number of ether oxygens (including phenoxy) is 3. The van der Waals surface area contributed by atoms with Crippen LogP contribution in [0.15, 0.2) is 22.7 Å². The highest BCUT2D eigenvalue weighted by atomic mass is 79.9. The maximum absolute atomic E-state index is 12.4. The summed E-state index contributed by atoms with van der Waals surface area (Å²) in [6, 6.07) is 6.53. The average Bonchev–Trinajstić information content (AvgIpc) is 3.37. The molecular weight excluding hydrogens is 460 g/mol. The number of halogens is 1. The van der Waals surface area contributed by atoms with Gasteiger partial charge in [-0.05, 0) is 68.8 Å². The topological polar surface area (TPSA) is 51.2 Å². The van der Waals surface area contributed by atoms with Gasteiger partial charge in [0.05, 0.1) is 6.54 Å². The number of likely N-dealkylation sites (tertiary alicyclic amines) is 1. The lowest BCUT2D eigenvalue weighted by Crippen LogP contribution is -2.39. The lowest BCUT2D eigenvalue weighted by molar-refractivity contribution is -0.0383. The summed E-state index contributed by atoms with van der Waals surface area (Å²) in [6.07, 6.45) is 7.85. The first-order valence-electron chi connectivity index (χ1n) is 11.7. The first-order valence-corrected chi connectivity index (χ1v) is 12.5. The van der Waals surface area contributed by atoms with E-state index in [2.05, 4.69) is 33.0 Å². The number of methoxy groups -OCH3 is 1. The summed E-state index contributed by atoms with van der Waals surface area (Å²) >= 11 is 3.69. The zero-order chi connectivity index (χ0) is 21.8. The number of rotatable bonds is 8. The molecule has 1 aromatic carbocycles. The van der Waals surface area contributed by atoms with Crippen LogP contribution in [0, 0.1) is 5.92 Å². The summed E-state index contributed by atoms with van der Waals surface area (Å²) in [4.78, 5) is 16.9. The zero-order valence-corrected chi connectivity index (χ0v) is 20.3. The predicted octanol–water partition coefficient (Wildman–Crippen LogP) is 4.84. The van der Waals surface area contributed by atoms with Crippen LogP contribution in [-0.2, 0) is 15.9 Å². The molecule has 2 aliphatic heterocycles. The summed E-state index contributed by atoms with van der Waals surface area (Å²) in [5.74, 6) is 1.43. The Morgan fingerprint density at radius 3 is 2.77 bits per heavy atom. The van der Waals surface area contributed by atoms with Crippen molar-refractivity contribution in [2.75, 3.05) is 33.3 Å². The Balaban J connectivity index is 1.27. The molecule has 1 aliphatic carbocycles. The molecule has 0 bridgehead atoms. The molecule has 0 spiro atoms. The molecule has 0 N–H and O–H groups in total. The van der Waals surface area contributed by atoms with Gasteiger partial charge in [0.2, 0.25) is 0 Å². The van der Waals surface area contributed by atoms with Gasteiger partial charge in [-0.25, -0.2) is 4.79 Å². The number of hydrogen-bond acceptors (Lipinski definition) is 5. The van der Waals surface area contributed by atoms with Crippen LogP contribution < -0.4 is 4.74 Å². The molecule has 3 fully saturated rings. The fourth-order valence-corrected chi connectivity index (χ4v) is 5.60. The quantitative estimate of drug-likeness (QED) is 0.484. The van der Waals surface area contributed by atoms with Crippen molar-refractivity contribution in [2.45, 2.75) is 70.3 Å². The number of amides is 1. The summed E-state index contributed by atoms with van der Waals surface area (Å²) in [7, 11) is 1.65. The average molecular weight is 495 g/mol. The molecule has 0 aromatic heterocycles. The Labute approximate surface area is 194 Å². The van der Waals surface area contributed by atoms with E-state index in [0.29, 0.717) is 12.0 Å². The lowest BCUT2D eigenvalue weighted by Gasteiger charge is -2.29. The van der Waals surface area contributed by atoms with Crippen LogP contribution in [0.2, 0.25) is 0 Å². The van der Waals surface area contributed by atoms with Gasteiger partial charge in [0.15, 0.2) is 6.29 Å². The normalized spacial score (nSPS) is 26.3. The van der Waals surface area contributed by atoms with E-state index in [4.69, 9.17) is 14.2 Å². The Morgan fingerprint density at radius 2 is 2.00 bits per heavy atom. The minimum Gasteiger partial charge on any atom is -0.465 e. The molecule has 7 heteroatoms. The van der Waals surface area contributed by atoms with Gasteiger partial charge in [-0.15, -0.1) is 0 Å². The second-order valence-corrected chi connectivity index (χ2v) is 10.1. The van der Waals surface area contributed by atoms with Gasteiger partial charge in [0, 0.05) is 30.7 Å². The summed E-state index contributed by atoms with van der Waals surface area (Å²) in [5.41, 5.74) is 1.27. The Kier molecular flexibility index (Phi) is 7.77. The van der Waals surface area contributed by atoms with Crippen LogP contribution in [0.4, 0.5) is 4.79 Å². The molecule has 1 amide bonds. The van der Waals surface area contributed by atoms with E-state index in [-0.39, 0.29) is 18.5 Å². The highest BCUT2D eigenvalue weighted by Gasteiger charge is 2.38. The number of cyclic esters (lactones) is 1. The van der Waals surface area contributed by atoms with E-state index in [1.54, 1.807) is 7.11 Å². The molecule has 3 atom stereocenters. The third-order valence-electron chi connectivity index (χ3n) is 6.91. The Hall–Kier alpha value is -1.31. The van der Waals surface area contributed by atoms with E-state index < -0.39 is 0 Å². The summed E-state index contributed by atoms with van der Waals surface area (Å²) < 4.78 is 17.9. The van der Waals surface area contributed by atoms with Crippen molar-refractivity contribution < 1.29 is 19.0 Å². The molecule has 3 unspecified atom stereocenters. The molecule has 31 heavy (non-hydrogen) atoms. The third-order valence-corrected chi connectivity index (χ3v) is 7.68. The highest BCUT2D eigenvalue weighted by molar-refractivity contribution is 9.10. The minimum atomic E-state index is -0.265. The van der Waals surface area contributed by atoms with Gasteiger partial charge >= 0.3 is 6.09 Å². The standard InChI is InChI=1S/C24H35BrN2O4/c1-17(29-2)30-21-8-9-23(25)19(13-21)12-18-10-11-26(14-18)15-22-16-27(24(28)31-22)20-6-4-3-5-7-20/h8-9,13,17-18,20,22H,3-7,10-12,14-16H2,1-2H3. The fraction of sp³-hybridized carbons (Fsp3) is 0.708. The summed E-state index contributed by atoms with van der Waals surface area (Å²) in [6.45, 7) is 5.61. The molecule has 1 aromatic rings. The second-order valence-electron chi connectivity index (χ2n) is 9.24. The Bertz CT molecular complexity index is 755. The van der Waals surface area contributed by atoms with Crippen molar-refractivity contribution in [3.8, 4) is 5.75 Å². The third kappa shape index (κ3) is 5.93. The maximum atomic E-state index is 12.4. The maximum Gasteiger partial charge on any atom is 0.410 e. The van der Waals surface area contributed by atoms with Crippen LogP contribution in [-0.4, -0.2) is 67.6 Å². The van der Waals surface area contributed by atoms with Crippen LogP contribution in [0.3, 0.4) is 0 Å². The molecular formula is C24H35BrN2O4. The van der Waals surface area contributed by atoms with Crippen molar-refractivity contribution in [1.82, 2.24) is 9.80 Å². The van der Waals surface area contributed by atoms with Gasteiger partial charge in [0.1, 0.15) is 11.9 Å². The first-order chi connectivity index (χ1) is 15.0. The number of hydrogen-bond donors (Lipinski definition) is 0. The Morgan fingerprint density at radius 1 is 1.19 bits per heavy atom. The van der Waals surface area contributed by atoms with E-state index in [1.165, 1.54) is 31.2 Å². The van der Waals surface area contributed by atoms with Gasteiger partial charge in [-0.1, -0.05) is 35.2 Å². The summed E-state index contributed by atoms with van der Waals surface area (Å²) in [5, 5.41) is 0. The van der Waals surface area contributed by atoms with Crippen molar-refractivity contribution in [3.63, 3.8) is 0 Å². The van der Waals surface area contributed by atoms with Gasteiger partial charge in [0.25, 0.3) is 0 Å². The van der Waals surface area contributed by atoms with E-state index in [9.17, 15) is 4.79 Å². The van der Waals surface area contributed by atoms with E-state index >= 15 is 0 Å². The smallest absolute Gasteiger partial charge is 0.410 e. The van der Waals surface area contributed by atoms with Crippen LogP contribution >= 0.6 is 15.9 Å².